The molecule has 1 aromatic carbocycles. The SMILES string of the molecule is NC1(C(=O)N2CCn3c(nnc3-c3ccccc3)C2)CCCCC1. The highest BCUT2D eigenvalue weighted by molar-refractivity contribution is 5.86. The molecule has 2 N–H and O–H groups in total. The molecule has 2 aromatic rings. The van der Waals surface area contributed by atoms with Gasteiger partial charge in [0.25, 0.3) is 0 Å². The van der Waals surface area contributed by atoms with Gasteiger partial charge in [0, 0.05) is 18.7 Å². The van der Waals surface area contributed by atoms with E-state index in [2.05, 4.69) is 14.8 Å². The lowest BCUT2D eigenvalue weighted by molar-refractivity contribution is -0.139. The first-order chi connectivity index (χ1) is 11.7. The Morgan fingerprint density at radius 2 is 1.79 bits per heavy atom. The van der Waals surface area contributed by atoms with Gasteiger partial charge in [-0.1, -0.05) is 49.6 Å². The third-order valence-corrected chi connectivity index (χ3v) is 5.24. The molecular formula is C18H23N5O. The Labute approximate surface area is 141 Å². The van der Waals surface area contributed by atoms with Crippen molar-refractivity contribution in [1.82, 2.24) is 19.7 Å². The van der Waals surface area contributed by atoms with Crippen LogP contribution in [0.3, 0.4) is 0 Å². The van der Waals surface area contributed by atoms with E-state index in [0.29, 0.717) is 19.6 Å². The summed E-state index contributed by atoms with van der Waals surface area (Å²) in [6, 6.07) is 10.0. The number of rotatable bonds is 2. The van der Waals surface area contributed by atoms with Gasteiger partial charge >= 0.3 is 0 Å². The fraction of sp³-hybridized carbons (Fsp3) is 0.500. The highest BCUT2D eigenvalue weighted by Gasteiger charge is 2.39. The fourth-order valence-electron chi connectivity index (χ4n) is 3.84. The van der Waals surface area contributed by atoms with Crippen molar-refractivity contribution in [3.8, 4) is 11.4 Å². The van der Waals surface area contributed by atoms with Gasteiger partial charge in [0.1, 0.15) is 0 Å². The zero-order valence-corrected chi connectivity index (χ0v) is 13.8. The lowest BCUT2D eigenvalue weighted by Gasteiger charge is -2.38. The van der Waals surface area contributed by atoms with Gasteiger partial charge in [0.15, 0.2) is 11.6 Å². The number of aromatic nitrogens is 3. The summed E-state index contributed by atoms with van der Waals surface area (Å²) in [5.41, 5.74) is 6.79. The van der Waals surface area contributed by atoms with Crippen LogP contribution in [0.2, 0.25) is 0 Å². The van der Waals surface area contributed by atoms with Crippen molar-refractivity contribution in [3.63, 3.8) is 0 Å². The number of fused-ring (bicyclic) bond motifs is 1. The second kappa shape index (κ2) is 6.02. The summed E-state index contributed by atoms with van der Waals surface area (Å²) >= 11 is 0. The van der Waals surface area contributed by atoms with E-state index in [0.717, 1.165) is 42.9 Å². The summed E-state index contributed by atoms with van der Waals surface area (Å²) in [5, 5.41) is 8.65. The molecule has 0 saturated heterocycles. The van der Waals surface area contributed by atoms with Crippen LogP contribution in [0, 0.1) is 0 Å². The van der Waals surface area contributed by atoms with Crippen molar-refractivity contribution < 1.29 is 4.79 Å². The van der Waals surface area contributed by atoms with Gasteiger partial charge in [-0.3, -0.25) is 4.79 Å². The number of hydrogen-bond acceptors (Lipinski definition) is 4. The normalized spacial score (nSPS) is 19.8. The summed E-state index contributed by atoms with van der Waals surface area (Å²) in [6.45, 7) is 1.88. The summed E-state index contributed by atoms with van der Waals surface area (Å²) in [5.74, 6) is 1.79. The number of carbonyl (C=O) groups excluding carboxylic acids is 1. The molecule has 1 amide bonds. The van der Waals surface area contributed by atoms with Crippen molar-refractivity contribution in [3.05, 3.63) is 36.2 Å². The Morgan fingerprint density at radius 3 is 2.54 bits per heavy atom. The van der Waals surface area contributed by atoms with E-state index >= 15 is 0 Å². The third kappa shape index (κ3) is 2.60. The Kier molecular flexibility index (Phi) is 3.84. The monoisotopic (exact) mass is 325 g/mol. The van der Waals surface area contributed by atoms with Crippen LogP contribution < -0.4 is 5.73 Å². The zero-order valence-electron chi connectivity index (χ0n) is 13.8. The first-order valence-corrected chi connectivity index (χ1v) is 8.73. The molecule has 126 valence electrons. The van der Waals surface area contributed by atoms with E-state index in [-0.39, 0.29) is 5.91 Å². The lowest BCUT2D eigenvalue weighted by atomic mass is 9.81. The number of nitrogens with two attached hydrogens (primary N) is 1. The molecule has 6 nitrogen and oxygen atoms in total. The Morgan fingerprint density at radius 1 is 1.04 bits per heavy atom. The molecule has 2 aliphatic rings. The average Bonchev–Trinajstić information content (AvgIpc) is 3.05. The van der Waals surface area contributed by atoms with E-state index < -0.39 is 5.54 Å². The molecule has 1 aromatic heterocycles. The minimum absolute atomic E-state index is 0.0812. The predicted octanol–water partition coefficient (Wildman–Crippen LogP) is 1.95. The molecule has 0 bridgehead atoms. The molecule has 24 heavy (non-hydrogen) atoms. The van der Waals surface area contributed by atoms with E-state index in [1.54, 1.807) is 0 Å². The Balaban J connectivity index is 1.55. The fourth-order valence-corrected chi connectivity index (χ4v) is 3.84. The summed E-state index contributed by atoms with van der Waals surface area (Å²) in [7, 11) is 0. The highest BCUT2D eigenvalue weighted by atomic mass is 16.2. The minimum atomic E-state index is -0.678. The molecule has 4 rings (SSSR count). The second-order valence-corrected chi connectivity index (χ2v) is 6.90. The average molecular weight is 325 g/mol. The third-order valence-electron chi connectivity index (χ3n) is 5.24. The van der Waals surface area contributed by atoms with E-state index in [9.17, 15) is 4.79 Å². The molecular weight excluding hydrogens is 302 g/mol. The quantitative estimate of drug-likeness (QED) is 0.915. The van der Waals surface area contributed by atoms with Crippen LogP contribution >= 0.6 is 0 Å². The first kappa shape index (κ1) is 15.3. The number of carbonyl (C=O) groups is 1. The van der Waals surface area contributed by atoms with Crippen molar-refractivity contribution in [2.24, 2.45) is 5.73 Å². The van der Waals surface area contributed by atoms with Crippen LogP contribution in [0.1, 0.15) is 37.9 Å². The number of amides is 1. The standard InChI is InChI=1S/C18H23N5O/c19-18(9-5-2-6-10-18)17(24)22-11-12-23-15(13-22)20-21-16(23)14-7-3-1-4-8-14/h1,3-4,7-8H,2,5-6,9-13,19H2. The van der Waals surface area contributed by atoms with Crippen molar-refractivity contribution >= 4 is 5.91 Å². The van der Waals surface area contributed by atoms with Gasteiger partial charge < -0.3 is 15.2 Å². The van der Waals surface area contributed by atoms with Crippen LogP contribution in [-0.2, 0) is 17.9 Å². The number of nitrogens with zero attached hydrogens (tertiary/aromatic N) is 4. The van der Waals surface area contributed by atoms with Gasteiger partial charge in [-0.25, -0.2) is 0 Å². The van der Waals surface area contributed by atoms with Crippen LogP contribution in [0.4, 0.5) is 0 Å². The van der Waals surface area contributed by atoms with Crippen LogP contribution in [0.15, 0.2) is 30.3 Å². The first-order valence-electron chi connectivity index (χ1n) is 8.73. The molecule has 1 fully saturated rings. The summed E-state index contributed by atoms with van der Waals surface area (Å²) in [6.07, 6.45) is 4.87. The van der Waals surface area contributed by atoms with Crippen molar-refractivity contribution in [2.75, 3.05) is 6.54 Å². The second-order valence-electron chi connectivity index (χ2n) is 6.90. The van der Waals surface area contributed by atoms with Gasteiger partial charge in [0.05, 0.1) is 12.1 Å². The molecule has 1 aliphatic heterocycles. The molecule has 1 saturated carbocycles. The molecule has 0 radical (unpaired) electrons. The van der Waals surface area contributed by atoms with E-state index in [4.69, 9.17) is 5.73 Å². The number of hydrogen-bond donors (Lipinski definition) is 1. The maximum Gasteiger partial charge on any atom is 0.243 e. The highest BCUT2D eigenvalue weighted by Crippen LogP contribution is 2.29. The topological polar surface area (TPSA) is 77.0 Å². The Bertz CT molecular complexity index is 733. The smallest absolute Gasteiger partial charge is 0.243 e. The maximum absolute atomic E-state index is 12.9. The Hall–Kier alpha value is -2.21. The van der Waals surface area contributed by atoms with E-state index in [1.165, 1.54) is 6.42 Å². The largest absolute Gasteiger partial charge is 0.332 e. The van der Waals surface area contributed by atoms with Crippen LogP contribution in [-0.4, -0.2) is 37.7 Å². The molecule has 6 heteroatoms. The van der Waals surface area contributed by atoms with E-state index in [1.807, 2.05) is 35.2 Å². The van der Waals surface area contributed by atoms with Gasteiger partial charge in [0.2, 0.25) is 5.91 Å². The van der Waals surface area contributed by atoms with Gasteiger partial charge in [-0.2, -0.15) is 0 Å². The van der Waals surface area contributed by atoms with Crippen LogP contribution in [0.5, 0.6) is 0 Å². The minimum Gasteiger partial charge on any atom is -0.332 e. The molecule has 0 spiro atoms. The molecule has 1 aliphatic carbocycles. The molecule has 0 unspecified atom stereocenters. The number of benzene rings is 1. The van der Waals surface area contributed by atoms with Gasteiger partial charge in [-0.15, -0.1) is 10.2 Å². The predicted molar refractivity (Wildman–Crippen MR) is 90.9 cm³/mol. The molecule has 0 atom stereocenters. The van der Waals surface area contributed by atoms with Crippen molar-refractivity contribution in [1.29, 1.82) is 0 Å². The maximum atomic E-state index is 12.9. The van der Waals surface area contributed by atoms with Crippen LogP contribution in [0.25, 0.3) is 11.4 Å². The van der Waals surface area contributed by atoms with Crippen molar-refractivity contribution in [2.45, 2.75) is 50.7 Å². The summed E-state index contributed by atoms with van der Waals surface area (Å²) in [4.78, 5) is 14.8. The zero-order chi connectivity index (χ0) is 16.6. The van der Waals surface area contributed by atoms with Gasteiger partial charge in [-0.05, 0) is 12.8 Å². The lowest BCUT2D eigenvalue weighted by Crippen LogP contribution is -2.57. The molecule has 2 heterocycles. The summed E-state index contributed by atoms with van der Waals surface area (Å²) < 4.78 is 2.11.